The van der Waals surface area contributed by atoms with Crippen molar-refractivity contribution in [2.24, 2.45) is 0 Å². The van der Waals surface area contributed by atoms with Gasteiger partial charge in [-0.3, -0.25) is 14.8 Å². The number of hydrogen-bond acceptors (Lipinski definition) is 6. The number of rotatable bonds is 2. The van der Waals surface area contributed by atoms with E-state index in [0.29, 0.717) is 24.5 Å². The lowest BCUT2D eigenvalue weighted by Gasteiger charge is -2.16. The van der Waals surface area contributed by atoms with Gasteiger partial charge in [-0.2, -0.15) is 4.98 Å². The fraction of sp³-hybridized carbons (Fsp3) is 0.267. The quantitative estimate of drug-likeness (QED) is 0.714. The molecule has 0 aliphatic carbocycles. The van der Waals surface area contributed by atoms with Crippen molar-refractivity contribution in [3.05, 3.63) is 48.4 Å². The second-order valence-electron chi connectivity index (χ2n) is 5.29. The maximum absolute atomic E-state index is 12.6. The minimum Gasteiger partial charge on any atom is -0.343 e. The van der Waals surface area contributed by atoms with Gasteiger partial charge in [0.2, 0.25) is 6.39 Å². The summed E-state index contributed by atoms with van der Waals surface area (Å²) in [5.74, 6) is 0.807. The zero-order chi connectivity index (χ0) is 14.9. The Labute approximate surface area is 126 Å². The highest BCUT2D eigenvalue weighted by atomic mass is 16.5. The second-order valence-corrected chi connectivity index (χ2v) is 5.29. The number of fused-ring (bicyclic) bond motifs is 1. The van der Waals surface area contributed by atoms with Gasteiger partial charge >= 0.3 is 0 Å². The highest BCUT2D eigenvalue weighted by molar-refractivity contribution is 5.97. The Hall–Kier alpha value is -2.83. The van der Waals surface area contributed by atoms with Gasteiger partial charge in [0, 0.05) is 37.0 Å². The number of aromatic nitrogens is 4. The summed E-state index contributed by atoms with van der Waals surface area (Å²) in [6.45, 7) is 1.30. The lowest BCUT2D eigenvalue weighted by atomic mass is 10.1. The maximum Gasteiger partial charge on any atom is 0.253 e. The molecule has 1 unspecified atom stereocenters. The first kappa shape index (κ1) is 12.9. The van der Waals surface area contributed by atoms with E-state index >= 15 is 0 Å². The Morgan fingerprint density at radius 2 is 2.05 bits per heavy atom. The minimum absolute atomic E-state index is 0.00134. The van der Waals surface area contributed by atoms with E-state index < -0.39 is 0 Å². The topological polar surface area (TPSA) is 85.0 Å². The van der Waals surface area contributed by atoms with Crippen molar-refractivity contribution in [2.75, 3.05) is 13.1 Å². The monoisotopic (exact) mass is 295 g/mol. The molecule has 1 aliphatic rings. The van der Waals surface area contributed by atoms with Gasteiger partial charge in [-0.25, -0.2) is 0 Å². The first-order valence-electron chi connectivity index (χ1n) is 7.07. The van der Waals surface area contributed by atoms with E-state index in [1.54, 1.807) is 24.5 Å². The molecular formula is C15H13N5O2. The first-order chi connectivity index (χ1) is 10.8. The lowest BCUT2D eigenvalue weighted by Crippen LogP contribution is -2.28. The van der Waals surface area contributed by atoms with E-state index in [9.17, 15) is 4.79 Å². The molecule has 7 nitrogen and oxygen atoms in total. The molecule has 3 heterocycles. The van der Waals surface area contributed by atoms with Crippen molar-refractivity contribution in [1.82, 2.24) is 25.0 Å². The molecule has 7 heteroatoms. The molecule has 4 rings (SSSR count). The van der Waals surface area contributed by atoms with Crippen LogP contribution in [0.25, 0.3) is 11.0 Å². The van der Waals surface area contributed by atoms with Crippen LogP contribution in [0.15, 0.2) is 41.5 Å². The molecule has 1 amide bonds. The van der Waals surface area contributed by atoms with Crippen LogP contribution in [-0.4, -0.2) is 44.0 Å². The highest BCUT2D eigenvalue weighted by Crippen LogP contribution is 2.26. The summed E-state index contributed by atoms with van der Waals surface area (Å²) in [7, 11) is 0. The number of benzene rings is 1. The van der Waals surface area contributed by atoms with Crippen molar-refractivity contribution in [3.8, 4) is 0 Å². The van der Waals surface area contributed by atoms with Crippen molar-refractivity contribution in [3.63, 3.8) is 0 Å². The fourth-order valence-corrected chi connectivity index (χ4v) is 2.79. The van der Waals surface area contributed by atoms with Crippen LogP contribution in [0.2, 0.25) is 0 Å². The number of likely N-dealkylation sites (tertiary alicyclic amines) is 1. The summed E-state index contributed by atoms with van der Waals surface area (Å²) in [4.78, 5) is 27.0. The van der Waals surface area contributed by atoms with Crippen LogP contribution in [0.3, 0.4) is 0 Å². The van der Waals surface area contributed by atoms with Gasteiger partial charge in [-0.15, -0.1) is 0 Å². The van der Waals surface area contributed by atoms with Crippen LogP contribution in [0, 0.1) is 0 Å². The van der Waals surface area contributed by atoms with E-state index in [1.807, 2.05) is 11.0 Å². The average Bonchev–Trinajstić information content (AvgIpc) is 3.24. The van der Waals surface area contributed by atoms with Crippen molar-refractivity contribution in [2.45, 2.75) is 12.3 Å². The van der Waals surface area contributed by atoms with Crippen LogP contribution in [0.1, 0.15) is 28.5 Å². The molecule has 1 fully saturated rings. The largest absolute Gasteiger partial charge is 0.343 e. The summed E-state index contributed by atoms with van der Waals surface area (Å²) < 4.78 is 4.78. The van der Waals surface area contributed by atoms with Crippen LogP contribution in [0.4, 0.5) is 0 Å². The fourth-order valence-electron chi connectivity index (χ4n) is 2.79. The summed E-state index contributed by atoms with van der Waals surface area (Å²) in [5, 5.41) is 3.86. The number of carbonyl (C=O) groups is 1. The molecule has 1 aromatic carbocycles. The van der Waals surface area contributed by atoms with Crippen LogP contribution >= 0.6 is 0 Å². The molecule has 110 valence electrons. The molecule has 2 aromatic heterocycles. The SMILES string of the molecule is O=C(c1ccc2nccnc2c1)N1CCC(c2ncon2)C1. The zero-order valence-electron chi connectivity index (χ0n) is 11.7. The third-order valence-electron chi connectivity index (χ3n) is 3.94. The van der Waals surface area contributed by atoms with E-state index in [4.69, 9.17) is 4.52 Å². The standard InChI is InChI=1S/C15H13N5O2/c21-15(10-1-2-12-13(7-10)17-5-4-16-12)20-6-3-11(8-20)14-18-9-22-19-14/h1-2,4-5,7,9,11H,3,6,8H2. The van der Waals surface area contributed by atoms with E-state index in [-0.39, 0.29) is 11.8 Å². The second kappa shape index (κ2) is 5.18. The minimum atomic E-state index is -0.00134. The molecule has 0 N–H and O–H groups in total. The van der Waals surface area contributed by atoms with Crippen molar-refractivity contribution < 1.29 is 9.32 Å². The van der Waals surface area contributed by atoms with Gasteiger partial charge in [0.15, 0.2) is 5.82 Å². The molecule has 0 bridgehead atoms. The van der Waals surface area contributed by atoms with Gasteiger partial charge < -0.3 is 9.42 Å². The van der Waals surface area contributed by atoms with Crippen molar-refractivity contribution >= 4 is 16.9 Å². The van der Waals surface area contributed by atoms with E-state index in [2.05, 4.69) is 20.1 Å². The Morgan fingerprint density at radius 3 is 2.86 bits per heavy atom. The third kappa shape index (κ3) is 2.20. The van der Waals surface area contributed by atoms with Gasteiger partial charge in [0.05, 0.1) is 11.0 Å². The number of nitrogens with zero attached hydrogens (tertiary/aromatic N) is 5. The number of amides is 1. The van der Waals surface area contributed by atoms with Crippen molar-refractivity contribution in [1.29, 1.82) is 0 Å². The average molecular weight is 295 g/mol. The van der Waals surface area contributed by atoms with E-state index in [0.717, 1.165) is 17.5 Å². The predicted octanol–water partition coefficient (Wildman–Crippen LogP) is 1.64. The summed E-state index contributed by atoms with van der Waals surface area (Å²) >= 11 is 0. The summed E-state index contributed by atoms with van der Waals surface area (Å²) in [6, 6.07) is 5.40. The third-order valence-corrected chi connectivity index (χ3v) is 3.94. The number of carbonyl (C=O) groups excluding carboxylic acids is 1. The first-order valence-corrected chi connectivity index (χ1v) is 7.07. The highest BCUT2D eigenvalue weighted by Gasteiger charge is 2.30. The molecule has 0 saturated carbocycles. The zero-order valence-corrected chi connectivity index (χ0v) is 11.7. The summed E-state index contributed by atoms with van der Waals surface area (Å²) in [6.07, 6.45) is 5.43. The maximum atomic E-state index is 12.6. The normalized spacial score (nSPS) is 18.0. The summed E-state index contributed by atoms with van der Waals surface area (Å²) in [5.41, 5.74) is 2.13. The Balaban J connectivity index is 1.56. The molecule has 0 spiro atoms. The molecule has 1 saturated heterocycles. The van der Waals surface area contributed by atoms with Gasteiger partial charge in [0.25, 0.3) is 5.91 Å². The van der Waals surface area contributed by atoms with Gasteiger partial charge in [0.1, 0.15) is 0 Å². The molecule has 1 aliphatic heterocycles. The number of hydrogen-bond donors (Lipinski definition) is 0. The van der Waals surface area contributed by atoms with Gasteiger partial charge in [-0.1, -0.05) is 5.16 Å². The molecule has 3 aromatic rings. The molecular weight excluding hydrogens is 282 g/mol. The van der Waals surface area contributed by atoms with Crippen LogP contribution in [0.5, 0.6) is 0 Å². The molecule has 0 radical (unpaired) electrons. The Morgan fingerprint density at radius 1 is 1.18 bits per heavy atom. The van der Waals surface area contributed by atoms with E-state index in [1.165, 1.54) is 6.39 Å². The van der Waals surface area contributed by atoms with Crippen LogP contribution in [-0.2, 0) is 0 Å². The Kier molecular flexibility index (Phi) is 3.03. The smallest absolute Gasteiger partial charge is 0.253 e. The van der Waals surface area contributed by atoms with Gasteiger partial charge in [-0.05, 0) is 24.6 Å². The molecule has 1 atom stereocenters. The van der Waals surface area contributed by atoms with Crippen LogP contribution < -0.4 is 0 Å². The Bertz CT molecular complexity index is 818. The lowest BCUT2D eigenvalue weighted by molar-refractivity contribution is 0.0790. The predicted molar refractivity (Wildman–Crippen MR) is 77.1 cm³/mol. The molecule has 22 heavy (non-hydrogen) atoms.